The highest BCUT2D eigenvalue weighted by atomic mass is 16.3. The molecule has 1 heteroatoms. The first-order valence-electron chi connectivity index (χ1n) is 10.6. The molecule has 1 aromatic rings. The number of hydrogen-bond acceptors (Lipinski definition) is 1. The van der Waals surface area contributed by atoms with E-state index >= 15 is 0 Å². The second kappa shape index (κ2) is 9.10. The molecule has 25 heavy (non-hydrogen) atoms. The molecule has 0 radical (unpaired) electrons. The third-order valence-corrected chi connectivity index (χ3v) is 5.93. The number of benzene rings is 1. The van der Waals surface area contributed by atoms with Gasteiger partial charge in [-0.1, -0.05) is 65.5 Å². The van der Waals surface area contributed by atoms with Crippen LogP contribution in [0.3, 0.4) is 0 Å². The summed E-state index contributed by atoms with van der Waals surface area (Å²) in [5.74, 6) is 0.513. The van der Waals surface area contributed by atoms with E-state index in [1.54, 1.807) is 0 Å². The number of aromatic hydroxyl groups is 1. The van der Waals surface area contributed by atoms with Crippen molar-refractivity contribution in [3.63, 3.8) is 0 Å². The maximum absolute atomic E-state index is 10.3. The van der Waals surface area contributed by atoms with Crippen molar-refractivity contribution in [3.8, 4) is 5.75 Å². The lowest BCUT2D eigenvalue weighted by Gasteiger charge is -2.17. The second-order valence-electron chi connectivity index (χ2n) is 9.91. The van der Waals surface area contributed by atoms with Crippen molar-refractivity contribution in [3.05, 3.63) is 29.3 Å². The Hall–Kier alpha value is -0.980. The lowest BCUT2D eigenvalue weighted by Crippen LogP contribution is -2.04. The summed E-state index contributed by atoms with van der Waals surface area (Å²) in [6, 6.07) is 6.10. The van der Waals surface area contributed by atoms with Crippen LogP contribution in [0.15, 0.2) is 18.2 Å². The molecule has 0 aliphatic heterocycles. The van der Waals surface area contributed by atoms with Crippen LogP contribution in [0.25, 0.3) is 0 Å². The molecule has 0 amide bonds. The topological polar surface area (TPSA) is 20.2 Å². The number of phenols is 1. The van der Waals surface area contributed by atoms with Crippen LogP contribution in [0, 0.1) is 10.8 Å². The summed E-state index contributed by atoms with van der Waals surface area (Å²) >= 11 is 0. The van der Waals surface area contributed by atoms with E-state index in [2.05, 4.69) is 33.8 Å². The summed E-state index contributed by atoms with van der Waals surface area (Å²) in [6.07, 6.45) is 15.5. The van der Waals surface area contributed by atoms with E-state index in [-0.39, 0.29) is 0 Å². The van der Waals surface area contributed by atoms with Crippen molar-refractivity contribution in [2.75, 3.05) is 0 Å². The average Bonchev–Trinajstić information content (AvgIpc) is 3.25. The third-order valence-electron chi connectivity index (χ3n) is 5.93. The first-order valence-corrected chi connectivity index (χ1v) is 10.6. The third kappa shape index (κ3) is 7.84. The lowest BCUT2D eigenvalue weighted by molar-refractivity contribution is 0.358. The Morgan fingerprint density at radius 1 is 0.920 bits per heavy atom. The SMILES string of the molecule is CC(C)(C)CCCCCc1c(O)cccc1CCCCCC1(C)CC1. The molecule has 0 unspecified atom stereocenters. The standard InChI is InChI=1S/C24H40O/c1-23(2,3)16-9-6-8-14-21-20(13-11-15-22(21)25)12-7-5-10-17-24(4)18-19-24/h11,13,15,25H,5-10,12,14,16-19H2,1-4H3. The van der Waals surface area contributed by atoms with Gasteiger partial charge in [-0.3, -0.25) is 0 Å². The summed E-state index contributed by atoms with van der Waals surface area (Å²) in [5, 5.41) is 10.3. The fraction of sp³-hybridized carbons (Fsp3) is 0.750. The van der Waals surface area contributed by atoms with Crippen molar-refractivity contribution in [2.45, 2.75) is 105 Å². The van der Waals surface area contributed by atoms with Gasteiger partial charge in [-0.05, 0) is 79.4 Å². The Bertz CT molecular complexity index is 519. The smallest absolute Gasteiger partial charge is 0.119 e. The minimum Gasteiger partial charge on any atom is -0.508 e. The molecule has 1 aromatic carbocycles. The van der Waals surface area contributed by atoms with Gasteiger partial charge in [0.1, 0.15) is 5.75 Å². The van der Waals surface area contributed by atoms with Crippen LogP contribution < -0.4 is 0 Å². The second-order valence-corrected chi connectivity index (χ2v) is 9.91. The van der Waals surface area contributed by atoms with Gasteiger partial charge in [0.2, 0.25) is 0 Å². The van der Waals surface area contributed by atoms with Gasteiger partial charge in [0.05, 0.1) is 0 Å². The summed E-state index contributed by atoms with van der Waals surface area (Å²) in [4.78, 5) is 0. The molecule has 2 rings (SSSR count). The molecule has 1 nitrogen and oxygen atoms in total. The molecule has 0 heterocycles. The van der Waals surface area contributed by atoms with Gasteiger partial charge < -0.3 is 5.11 Å². The summed E-state index contributed by atoms with van der Waals surface area (Å²) < 4.78 is 0. The maximum Gasteiger partial charge on any atom is 0.119 e. The van der Waals surface area contributed by atoms with Crippen molar-refractivity contribution in [1.82, 2.24) is 0 Å². The molecule has 1 fully saturated rings. The average molecular weight is 345 g/mol. The Balaban J connectivity index is 1.71. The molecule has 0 atom stereocenters. The lowest BCUT2D eigenvalue weighted by atomic mass is 9.89. The van der Waals surface area contributed by atoms with Gasteiger partial charge in [0, 0.05) is 0 Å². The Labute approximate surface area is 156 Å². The predicted molar refractivity (Wildman–Crippen MR) is 109 cm³/mol. The molecule has 142 valence electrons. The van der Waals surface area contributed by atoms with Crippen LogP contribution >= 0.6 is 0 Å². The molecular weight excluding hydrogens is 304 g/mol. The van der Waals surface area contributed by atoms with Crippen LogP contribution in [0.2, 0.25) is 0 Å². The molecular formula is C24H40O. The molecule has 1 saturated carbocycles. The van der Waals surface area contributed by atoms with E-state index in [4.69, 9.17) is 0 Å². The zero-order chi connectivity index (χ0) is 18.3. The van der Waals surface area contributed by atoms with Gasteiger partial charge in [0.25, 0.3) is 0 Å². The van der Waals surface area contributed by atoms with Gasteiger partial charge in [-0.25, -0.2) is 0 Å². The van der Waals surface area contributed by atoms with E-state index in [1.165, 1.54) is 75.3 Å². The van der Waals surface area contributed by atoms with Crippen LogP contribution in [0.5, 0.6) is 5.75 Å². The van der Waals surface area contributed by atoms with Crippen molar-refractivity contribution >= 4 is 0 Å². The zero-order valence-corrected chi connectivity index (χ0v) is 17.2. The molecule has 0 bridgehead atoms. The van der Waals surface area contributed by atoms with E-state index < -0.39 is 0 Å². The predicted octanol–water partition coefficient (Wildman–Crippen LogP) is 7.44. The van der Waals surface area contributed by atoms with Gasteiger partial charge in [-0.15, -0.1) is 0 Å². The van der Waals surface area contributed by atoms with Crippen LogP contribution in [0.4, 0.5) is 0 Å². The maximum atomic E-state index is 10.3. The minimum absolute atomic E-state index is 0.442. The Kier molecular flexibility index (Phi) is 7.40. The summed E-state index contributed by atoms with van der Waals surface area (Å²) in [7, 11) is 0. The fourth-order valence-corrected chi connectivity index (χ4v) is 3.79. The largest absolute Gasteiger partial charge is 0.508 e. The van der Waals surface area contributed by atoms with E-state index in [0.717, 1.165) is 12.8 Å². The first kappa shape index (κ1) is 20.3. The number of hydrogen-bond donors (Lipinski definition) is 1. The molecule has 1 aliphatic carbocycles. The first-order chi connectivity index (χ1) is 11.8. The Morgan fingerprint density at radius 2 is 1.60 bits per heavy atom. The van der Waals surface area contributed by atoms with Crippen molar-refractivity contribution < 1.29 is 5.11 Å². The number of phenolic OH excluding ortho intramolecular Hbond substituents is 1. The van der Waals surface area contributed by atoms with Gasteiger partial charge in [0.15, 0.2) is 0 Å². The van der Waals surface area contributed by atoms with Gasteiger partial charge >= 0.3 is 0 Å². The highest BCUT2D eigenvalue weighted by Gasteiger charge is 2.35. The van der Waals surface area contributed by atoms with Crippen molar-refractivity contribution in [1.29, 1.82) is 0 Å². The fourth-order valence-electron chi connectivity index (χ4n) is 3.79. The number of rotatable bonds is 11. The highest BCUT2D eigenvalue weighted by molar-refractivity contribution is 5.39. The van der Waals surface area contributed by atoms with E-state index in [0.29, 0.717) is 16.6 Å². The van der Waals surface area contributed by atoms with E-state index in [1.807, 2.05) is 12.1 Å². The molecule has 0 saturated heterocycles. The molecule has 1 N–H and O–H groups in total. The summed E-state index contributed by atoms with van der Waals surface area (Å²) in [6.45, 7) is 9.38. The molecule has 1 aliphatic rings. The zero-order valence-electron chi connectivity index (χ0n) is 17.2. The monoisotopic (exact) mass is 344 g/mol. The van der Waals surface area contributed by atoms with Crippen molar-refractivity contribution in [2.24, 2.45) is 10.8 Å². The Morgan fingerprint density at radius 3 is 2.28 bits per heavy atom. The highest BCUT2D eigenvalue weighted by Crippen LogP contribution is 2.49. The number of aryl methyl sites for hydroxylation is 1. The number of unbranched alkanes of at least 4 members (excludes halogenated alkanes) is 4. The molecule has 0 spiro atoms. The molecule has 0 aromatic heterocycles. The summed E-state index contributed by atoms with van der Waals surface area (Å²) in [5.41, 5.74) is 3.74. The van der Waals surface area contributed by atoms with Crippen LogP contribution in [-0.2, 0) is 12.8 Å². The normalized spacial score (nSPS) is 16.2. The van der Waals surface area contributed by atoms with Crippen LogP contribution in [0.1, 0.15) is 103 Å². The van der Waals surface area contributed by atoms with Gasteiger partial charge in [-0.2, -0.15) is 0 Å². The minimum atomic E-state index is 0.442. The van der Waals surface area contributed by atoms with E-state index in [9.17, 15) is 5.11 Å². The van der Waals surface area contributed by atoms with Crippen LogP contribution in [-0.4, -0.2) is 5.11 Å². The quantitative estimate of drug-likeness (QED) is 0.413.